The van der Waals surface area contributed by atoms with E-state index in [2.05, 4.69) is 0 Å². The Hall–Kier alpha value is -3.48. The van der Waals surface area contributed by atoms with Gasteiger partial charge in [-0.1, -0.05) is 23.8 Å². The Morgan fingerprint density at radius 1 is 0.949 bits per heavy atom. The van der Waals surface area contributed by atoms with Gasteiger partial charge in [-0.25, -0.2) is 8.42 Å². The van der Waals surface area contributed by atoms with Crippen LogP contribution in [0.25, 0.3) is 0 Å². The molecule has 2 heterocycles. The summed E-state index contributed by atoms with van der Waals surface area (Å²) in [4.78, 5) is 36.1. The first kappa shape index (κ1) is 28.5. The number of hydrogen-bond donors (Lipinski definition) is 0. The molecule has 2 aliphatic rings. The zero-order chi connectivity index (χ0) is 28.5. The van der Waals surface area contributed by atoms with Crippen molar-refractivity contribution in [1.82, 2.24) is 4.31 Å². The summed E-state index contributed by atoms with van der Waals surface area (Å²) >= 11 is 0. The smallest absolute Gasteiger partial charge is 0.303 e. The fourth-order valence-electron chi connectivity index (χ4n) is 4.97. The molecule has 0 radical (unpaired) electrons. The van der Waals surface area contributed by atoms with E-state index < -0.39 is 58.4 Å². The topological polar surface area (TPSA) is 135 Å². The minimum atomic E-state index is -4.17. The van der Waals surface area contributed by atoms with Crippen LogP contribution in [0.4, 0.5) is 0 Å². The highest BCUT2D eigenvalue weighted by Crippen LogP contribution is 2.46. The molecule has 11 nitrogen and oxygen atoms in total. The maximum absolute atomic E-state index is 14.1. The summed E-state index contributed by atoms with van der Waals surface area (Å²) in [5.41, 5.74) is 2.14. The molecule has 0 unspecified atom stereocenters. The summed E-state index contributed by atoms with van der Waals surface area (Å²) in [6.45, 7) is 5.01. The summed E-state index contributed by atoms with van der Waals surface area (Å²) in [5.74, 6) is -1.51. The molecule has 5 atom stereocenters. The second-order valence-corrected chi connectivity index (χ2v) is 11.4. The van der Waals surface area contributed by atoms with Crippen molar-refractivity contribution in [2.45, 2.75) is 69.6 Å². The molecule has 2 aromatic carbocycles. The highest BCUT2D eigenvalue weighted by molar-refractivity contribution is 7.89. The number of esters is 3. The Labute approximate surface area is 227 Å². The van der Waals surface area contributed by atoms with E-state index in [4.69, 9.17) is 23.7 Å². The van der Waals surface area contributed by atoms with E-state index in [9.17, 15) is 22.8 Å². The van der Waals surface area contributed by atoms with E-state index >= 15 is 0 Å². The van der Waals surface area contributed by atoms with Gasteiger partial charge in [-0.15, -0.1) is 0 Å². The van der Waals surface area contributed by atoms with Crippen molar-refractivity contribution in [2.24, 2.45) is 0 Å². The molecule has 2 aliphatic heterocycles. The molecule has 12 heteroatoms. The lowest BCUT2D eigenvalue weighted by molar-refractivity contribution is -0.235. The fraction of sp³-hybridized carbons (Fsp3) is 0.444. The molecule has 1 fully saturated rings. The Bertz CT molecular complexity index is 1360. The number of methoxy groups -OCH3 is 1. The van der Waals surface area contributed by atoms with E-state index in [1.165, 1.54) is 44.3 Å². The number of sulfonamides is 1. The first-order chi connectivity index (χ1) is 18.4. The van der Waals surface area contributed by atoms with E-state index in [0.29, 0.717) is 16.9 Å². The molecule has 0 saturated carbocycles. The van der Waals surface area contributed by atoms with E-state index in [-0.39, 0.29) is 18.0 Å². The molecule has 210 valence electrons. The number of rotatable bonds is 7. The normalized spacial score (nSPS) is 24.6. The molecule has 1 saturated heterocycles. The minimum absolute atomic E-state index is 0.0384. The van der Waals surface area contributed by atoms with Gasteiger partial charge in [-0.05, 0) is 42.3 Å². The average molecular weight is 562 g/mol. The molecular weight excluding hydrogens is 530 g/mol. The van der Waals surface area contributed by atoms with Gasteiger partial charge in [0.2, 0.25) is 10.0 Å². The van der Waals surface area contributed by atoms with Gasteiger partial charge >= 0.3 is 17.9 Å². The van der Waals surface area contributed by atoms with Crippen LogP contribution in [0, 0.1) is 6.92 Å². The number of aryl methyl sites for hydroxylation is 1. The first-order valence-corrected chi connectivity index (χ1v) is 13.7. The second kappa shape index (κ2) is 11.3. The molecule has 0 N–H and O–H groups in total. The number of benzene rings is 2. The lowest BCUT2D eigenvalue weighted by Crippen LogP contribution is -2.65. The van der Waals surface area contributed by atoms with Gasteiger partial charge in [-0.2, -0.15) is 4.31 Å². The number of hydrogen-bond acceptors (Lipinski definition) is 10. The Balaban J connectivity index is 1.91. The molecular formula is C27H31NO10S. The van der Waals surface area contributed by atoms with Crippen LogP contribution < -0.4 is 4.74 Å². The summed E-state index contributed by atoms with van der Waals surface area (Å²) in [7, 11) is -2.67. The second-order valence-electron chi connectivity index (χ2n) is 9.46. The zero-order valence-electron chi connectivity index (χ0n) is 22.3. The Kier molecular flexibility index (Phi) is 8.28. The third-order valence-electron chi connectivity index (χ3n) is 6.66. The van der Waals surface area contributed by atoms with Gasteiger partial charge in [0, 0.05) is 27.3 Å². The number of nitrogens with zero attached hydrogens (tertiary/aromatic N) is 1. The van der Waals surface area contributed by atoms with Crippen LogP contribution >= 0.6 is 0 Å². The summed E-state index contributed by atoms with van der Waals surface area (Å²) in [6.07, 6.45) is -4.61. The lowest BCUT2D eigenvalue weighted by atomic mass is 9.84. The van der Waals surface area contributed by atoms with E-state index in [1.54, 1.807) is 30.3 Å². The molecule has 0 aromatic heterocycles. The fourth-order valence-corrected chi connectivity index (χ4v) is 6.58. The number of fused-ring (bicyclic) bond motifs is 3. The SMILES string of the molecule is COc1ccc2c(c1)[C@H]1O[C@H](COC(C)=O)[C@@H](OC(C)=O)[C@H](OC(C)=O)[C@H]1N(S(=O)(=O)c1ccc(C)cc1)C2. The molecule has 2 aromatic rings. The molecule has 0 aliphatic carbocycles. The molecule has 4 rings (SSSR count). The highest BCUT2D eigenvalue weighted by atomic mass is 32.2. The molecule has 39 heavy (non-hydrogen) atoms. The Morgan fingerprint density at radius 2 is 1.59 bits per heavy atom. The van der Waals surface area contributed by atoms with Crippen LogP contribution in [0.3, 0.4) is 0 Å². The Morgan fingerprint density at radius 3 is 2.18 bits per heavy atom. The third kappa shape index (κ3) is 5.92. The van der Waals surface area contributed by atoms with Crippen LogP contribution in [0.15, 0.2) is 47.4 Å². The maximum Gasteiger partial charge on any atom is 0.303 e. The summed E-state index contributed by atoms with van der Waals surface area (Å²) < 4.78 is 57.5. The average Bonchev–Trinajstić information content (AvgIpc) is 2.87. The largest absolute Gasteiger partial charge is 0.497 e. The van der Waals surface area contributed by atoms with Crippen molar-refractivity contribution < 1.29 is 46.5 Å². The first-order valence-electron chi connectivity index (χ1n) is 12.3. The number of carbonyl (C=O) groups is 3. The molecule has 0 bridgehead atoms. The van der Waals surface area contributed by atoms with E-state index in [1.807, 2.05) is 6.92 Å². The van der Waals surface area contributed by atoms with E-state index in [0.717, 1.165) is 5.56 Å². The number of ether oxygens (including phenoxy) is 5. The predicted molar refractivity (Wildman–Crippen MR) is 136 cm³/mol. The third-order valence-corrected chi connectivity index (χ3v) is 8.52. The molecule has 0 spiro atoms. The van der Waals surface area contributed by atoms with Crippen LogP contribution in [-0.4, -0.2) is 68.7 Å². The van der Waals surface area contributed by atoms with Crippen molar-refractivity contribution in [3.05, 3.63) is 59.2 Å². The lowest BCUT2D eigenvalue weighted by Gasteiger charge is -2.51. The van der Waals surface area contributed by atoms with Crippen LogP contribution in [0.2, 0.25) is 0 Å². The highest BCUT2D eigenvalue weighted by Gasteiger charge is 2.57. The van der Waals surface area contributed by atoms with Crippen molar-refractivity contribution in [3.8, 4) is 5.75 Å². The van der Waals surface area contributed by atoms with Gasteiger partial charge < -0.3 is 23.7 Å². The van der Waals surface area contributed by atoms with Crippen LogP contribution in [0.1, 0.15) is 43.6 Å². The van der Waals surface area contributed by atoms with Gasteiger partial charge in [0.25, 0.3) is 0 Å². The van der Waals surface area contributed by atoms with Gasteiger partial charge in [0.15, 0.2) is 12.2 Å². The van der Waals surface area contributed by atoms with Gasteiger partial charge in [-0.3, -0.25) is 14.4 Å². The predicted octanol–water partition coefficient (Wildman–Crippen LogP) is 2.44. The van der Waals surface area contributed by atoms with Crippen molar-refractivity contribution in [3.63, 3.8) is 0 Å². The summed E-state index contributed by atoms with van der Waals surface area (Å²) in [5, 5.41) is 0. The van der Waals surface area contributed by atoms with Gasteiger partial charge in [0.05, 0.1) is 18.0 Å². The summed E-state index contributed by atoms with van der Waals surface area (Å²) in [6, 6.07) is 10.4. The minimum Gasteiger partial charge on any atom is -0.497 e. The molecule has 0 amide bonds. The zero-order valence-corrected chi connectivity index (χ0v) is 23.1. The van der Waals surface area contributed by atoms with Crippen LogP contribution in [-0.2, 0) is 49.9 Å². The van der Waals surface area contributed by atoms with Crippen molar-refractivity contribution in [2.75, 3.05) is 13.7 Å². The standard InChI is InChI=1S/C27H31NO10S/c1-15-6-10-21(11-7-15)39(32,33)28-13-19-8-9-20(34-5)12-22(19)25-24(28)27(37-18(4)31)26(36-17(3)30)23(38-25)14-35-16(2)29/h6-12,23-27H,13-14H2,1-5H3/t23-,24+,25-,26-,27-/m1/s1. The van der Waals surface area contributed by atoms with Crippen molar-refractivity contribution in [1.29, 1.82) is 0 Å². The quantitative estimate of drug-likeness (QED) is 0.366. The van der Waals surface area contributed by atoms with Crippen molar-refractivity contribution >= 4 is 27.9 Å². The van der Waals surface area contributed by atoms with Gasteiger partial charge in [0.1, 0.15) is 24.6 Å². The maximum atomic E-state index is 14.1. The number of carbonyl (C=O) groups excluding carboxylic acids is 3. The van der Waals surface area contributed by atoms with Crippen LogP contribution in [0.5, 0.6) is 5.75 Å². The monoisotopic (exact) mass is 561 g/mol.